The van der Waals surface area contributed by atoms with Crippen molar-refractivity contribution in [3.8, 4) is 11.8 Å². The zero-order valence-electron chi connectivity index (χ0n) is 12.6. The number of ether oxygens (including phenoxy) is 1. The maximum Gasteiger partial charge on any atom is 0.417 e. The molecule has 1 fully saturated rings. The highest BCUT2D eigenvalue weighted by Crippen LogP contribution is 2.30. The molecule has 1 saturated heterocycles. The number of hydrogen-bond donors (Lipinski definition) is 0. The lowest BCUT2D eigenvalue weighted by Crippen LogP contribution is -2.25. The maximum absolute atomic E-state index is 12.6. The van der Waals surface area contributed by atoms with E-state index < -0.39 is 11.7 Å². The summed E-state index contributed by atoms with van der Waals surface area (Å²) in [4.78, 5) is 5.78. The van der Waals surface area contributed by atoms with Crippen molar-refractivity contribution in [2.45, 2.75) is 18.7 Å². The van der Waals surface area contributed by atoms with Gasteiger partial charge in [-0.05, 0) is 24.3 Å². The minimum Gasteiger partial charge on any atom is -0.487 e. The van der Waals surface area contributed by atoms with Crippen molar-refractivity contribution in [1.82, 2.24) is 4.98 Å². The number of rotatable bonds is 3. The predicted octanol–water partition coefficient (Wildman–Crippen LogP) is 3.63. The van der Waals surface area contributed by atoms with Gasteiger partial charge in [-0.1, -0.05) is 12.1 Å². The van der Waals surface area contributed by atoms with Gasteiger partial charge in [0.05, 0.1) is 17.7 Å². The summed E-state index contributed by atoms with van der Waals surface area (Å²) in [7, 11) is 0. The highest BCUT2D eigenvalue weighted by molar-refractivity contribution is 5.44. The van der Waals surface area contributed by atoms with Crippen LogP contribution in [0.2, 0.25) is 0 Å². The van der Waals surface area contributed by atoms with Gasteiger partial charge in [0.2, 0.25) is 0 Å². The van der Waals surface area contributed by atoms with Gasteiger partial charge in [0, 0.05) is 19.2 Å². The Labute approximate surface area is 137 Å². The highest BCUT2D eigenvalue weighted by atomic mass is 19.4. The predicted molar refractivity (Wildman–Crippen MR) is 81.6 cm³/mol. The van der Waals surface area contributed by atoms with E-state index in [-0.39, 0.29) is 6.10 Å². The standard InChI is InChI=1S/C17H14F3N3O/c18-17(19,20)13-5-6-16(22-10-13)23-8-7-14(11-23)24-15-4-2-1-3-12(15)9-21/h1-6,10,14H,7-8,11H2. The molecule has 0 saturated carbocycles. The van der Waals surface area contributed by atoms with Crippen LogP contribution in [0.4, 0.5) is 19.0 Å². The Kier molecular flexibility index (Phi) is 4.30. The van der Waals surface area contributed by atoms with Crippen LogP contribution in [0.3, 0.4) is 0 Å². The molecule has 0 radical (unpaired) electrons. The van der Waals surface area contributed by atoms with Gasteiger partial charge in [-0.2, -0.15) is 18.4 Å². The molecular weight excluding hydrogens is 319 g/mol. The van der Waals surface area contributed by atoms with Gasteiger partial charge in [-0.3, -0.25) is 0 Å². The first-order valence-corrected chi connectivity index (χ1v) is 7.41. The molecule has 0 aliphatic carbocycles. The van der Waals surface area contributed by atoms with Crippen molar-refractivity contribution >= 4 is 5.82 Å². The summed E-state index contributed by atoms with van der Waals surface area (Å²) < 4.78 is 43.6. The second kappa shape index (κ2) is 6.40. The SMILES string of the molecule is N#Cc1ccccc1OC1CCN(c2ccc(C(F)(F)F)cn2)C1. The molecule has 1 aliphatic rings. The molecule has 2 heterocycles. The lowest BCUT2D eigenvalue weighted by molar-refractivity contribution is -0.137. The quantitative estimate of drug-likeness (QED) is 0.861. The Hall–Kier alpha value is -2.75. The van der Waals surface area contributed by atoms with Crippen LogP contribution in [0.5, 0.6) is 5.75 Å². The Balaban J connectivity index is 1.66. The van der Waals surface area contributed by atoms with Crippen LogP contribution < -0.4 is 9.64 Å². The van der Waals surface area contributed by atoms with E-state index in [2.05, 4.69) is 11.1 Å². The molecule has 124 valence electrons. The van der Waals surface area contributed by atoms with Crippen LogP contribution in [0, 0.1) is 11.3 Å². The van der Waals surface area contributed by atoms with E-state index in [1.165, 1.54) is 6.07 Å². The normalized spacial score (nSPS) is 17.6. The summed E-state index contributed by atoms with van der Waals surface area (Å²) in [6.07, 6.45) is -2.97. The average molecular weight is 333 g/mol. The zero-order chi connectivity index (χ0) is 17.2. The van der Waals surface area contributed by atoms with E-state index in [1.807, 2.05) is 4.90 Å². The Morgan fingerprint density at radius 1 is 1.21 bits per heavy atom. The topological polar surface area (TPSA) is 49.1 Å². The van der Waals surface area contributed by atoms with Crippen LogP contribution in [-0.4, -0.2) is 24.2 Å². The molecule has 0 spiro atoms. The average Bonchev–Trinajstić information content (AvgIpc) is 3.03. The fourth-order valence-corrected chi connectivity index (χ4v) is 2.61. The van der Waals surface area contributed by atoms with Crippen molar-refractivity contribution in [3.63, 3.8) is 0 Å². The van der Waals surface area contributed by atoms with E-state index in [9.17, 15) is 13.2 Å². The molecule has 1 aromatic carbocycles. The molecular formula is C17H14F3N3O. The smallest absolute Gasteiger partial charge is 0.417 e. The number of benzene rings is 1. The van der Waals surface area contributed by atoms with Crippen LogP contribution in [0.15, 0.2) is 42.6 Å². The summed E-state index contributed by atoms with van der Waals surface area (Å²) in [6, 6.07) is 11.4. The third-order valence-corrected chi connectivity index (χ3v) is 3.85. The van der Waals surface area contributed by atoms with Crippen molar-refractivity contribution in [2.75, 3.05) is 18.0 Å². The molecule has 7 heteroatoms. The van der Waals surface area contributed by atoms with E-state index in [4.69, 9.17) is 10.00 Å². The van der Waals surface area contributed by atoms with Crippen molar-refractivity contribution in [2.24, 2.45) is 0 Å². The first-order valence-electron chi connectivity index (χ1n) is 7.41. The van der Waals surface area contributed by atoms with Gasteiger partial charge in [-0.25, -0.2) is 4.98 Å². The van der Waals surface area contributed by atoms with E-state index in [0.29, 0.717) is 36.6 Å². The van der Waals surface area contributed by atoms with Crippen molar-refractivity contribution in [3.05, 3.63) is 53.7 Å². The van der Waals surface area contributed by atoms with E-state index >= 15 is 0 Å². The summed E-state index contributed by atoms with van der Waals surface area (Å²) in [5.74, 6) is 1.01. The molecule has 24 heavy (non-hydrogen) atoms. The number of alkyl halides is 3. The number of para-hydroxylation sites is 1. The van der Waals surface area contributed by atoms with Crippen molar-refractivity contribution in [1.29, 1.82) is 5.26 Å². The zero-order valence-corrected chi connectivity index (χ0v) is 12.6. The number of halogens is 3. The Morgan fingerprint density at radius 2 is 2.00 bits per heavy atom. The molecule has 2 aromatic rings. The van der Waals surface area contributed by atoms with Crippen LogP contribution in [0.1, 0.15) is 17.5 Å². The first kappa shape index (κ1) is 16.1. The fraction of sp³-hybridized carbons (Fsp3) is 0.294. The van der Waals surface area contributed by atoms with Gasteiger partial charge in [0.25, 0.3) is 0 Å². The van der Waals surface area contributed by atoms with Crippen LogP contribution in [0.25, 0.3) is 0 Å². The van der Waals surface area contributed by atoms with E-state index in [0.717, 1.165) is 12.3 Å². The highest BCUT2D eigenvalue weighted by Gasteiger charge is 2.31. The Morgan fingerprint density at radius 3 is 2.67 bits per heavy atom. The lowest BCUT2D eigenvalue weighted by Gasteiger charge is -2.19. The second-order valence-electron chi connectivity index (χ2n) is 5.49. The number of pyridine rings is 1. The third kappa shape index (κ3) is 3.43. The molecule has 1 atom stereocenters. The van der Waals surface area contributed by atoms with Gasteiger partial charge in [0.1, 0.15) is 23.7 Å². The van der Waals surface area contributed by atoms with E-state index in [1.54, 1.807) is 24.3 Å². The maximum atomic E-state index is 12.6. The molecule has 3 rings (SSSR count). The summed E-state index contributed by atoms with van der Waals surface area (Å²) in [5.41, 5.74) is -0.301. The summed E-state index contributed by atoms with van der Waals surface area (Å²) in [5, 5.41) is 9.07. The summed E-state index contributed by atoms with van der Waals surface area (Å²) in [6.45, 7) is 1.15. The van der Waals surface area contributed by atoms with Crippen molar-refractivity contribution < 1.29 is 17.9 Å². The lowest BCUT2D eigenvalue weighted by atomic mass is 10.2. The largest absolute Gasteiger partial charge is 0.487 e. The molecule has 1 unspecified atom stereocenters. The molecule has 0 bridgehead atoms. The second-order valence-corrected chi connectivity index (χ2v) is 5.49. The number of hydrogen-bond acceptors (Lipinski definition) is 4. The van der Waals surface area contributed by atoms with Gasteiger partial charge >= 0.3 is 6.18 Å². The molecule has 0 amide bonds. The van der Waals surface area contributed by atoms with Gasteiger partial charge in [-0.15, -0.1) is 0 Å². The molecule has 0 N–H and O–H groups in total. The van der Waals surface area contributed by atoms with Gasteiger partial charge in [0.15, 0.2) is 0 Å². The molecule has 4 nitrogen and oxygen atoms in total. The fourth-order valence-electron chi connectivity index (χ4n) is 2.61. The number of nitriles is 1. The van der Waals surface area contributed by atoms with Gasteiger partial charge < -0.3 is 9.64 Å². The number of anilines is 1. The number of aromatic nitrogens is 1. The van der Waals surface area contributed by atoms with Crippen LogP contribution >= 0.6 is 0 Å². The summed E-state index contributed by atoms with van der Waals surface area (Å²) >= 11 is 0. The Bertz CT molecular complexity index is 753. The monoisotopic (exact) mass is 333 g/mol. The molecule has 1 aromatic heterocycles. The minimum absolute atomic E-state index is 0.136. The minimum atomic E-state index is -4.39. The third-order valence-electron chi connectivity index (χ3n) is 3.85. The molecule has 1 aliphatic heterocycles. The first-order chi connectivity index (χ1) is 11.5. The number of nitrogens with zero attached hydrogens (tertiary/aromatic N) is 3. The van der Waals surface area contributed by atoms with Crippen LogP contribution in [-0.2, 0) is 6.18 Å².